The van der Waals surface area contributed by atoms with Gasteiger partial charge in [-0.05, 0) is 25.1 Å². The molecule has 2 aromatic carbocycles. The summed E-state index contributed by atoms with van der Waals surface area (Å²) in [5, 5.41) is 2.71. The number of para-hydroxylation sites is 2. The van der Waals surface area contributed by atoms with Crippen molar-refractivity contribution >= 4 is 15.7 Å². The van der Waals surface area contributed by atoms with Crippen LogP contribution in [0.1, 0.15) is 25.5 Å². The highest BCUT2D eigenvalue weighted by atomic mass is 32.2. The standard InChI is InChI=1S/C18H21NO4S/c1-3-24(21,22)13-18(20)19-14(2)16-11-7-8-12-17(16)23-15-9-5-4-6-10-15/h4-12,14H,3,13H2,1-2H3,(H,19,20)/t14-/m0/s1. The van der Waals surface area contributed by atoms with Gasteiger partial charge in [0.1, 0.15) is 17.3 Å². The third-order valence-electron chi connectivity index (χ3n) is 3.52. The molecule has 0 radical (unpaired) electrons. The van der Waals surface area contributed by atoms with Crippen molar-refractivity contribution in [3.8, 4) is 11.5 Å². The van der Waals surface area contributed by atoms with Crippen molar-refractivity contribution in [2.75, 3.05) is 11.5 Å². The molecule has 6 heteroatoms. The number of nitrogens with one attached hydrogen (secondary N) is 1. The summed E-state index contributed by atoms with van der Waals surface area (Å²) in [5.41, 5.74) is 0.781. The first-order valence-corrected chi connectivity index (χ1v) is 9.55. The van der Waals surface area contributed by atoms with Gasteiger partial charge in [0.15, 0.2) is 9.84 Å². The number of benzene rings is 2. The first-order chi connectivity index (χ1) is 11.4. The second kappa shape index (κ2) is 7.97. The number of hydrogen-bond donors (Lipinski definition) is 1. The molecule has 0 aliphatic rings. The average molecular weight is 347 g/mol. The number of carbonyl (C=O) groups is 1. The quantitative estimate of drug-likeness (QED) is 0.835. The van der Waals surface area contributed by atoms with Crippen LogP contribution in [0.15, 0.2) is 54.6 Å². The number of sulfone groups is 1. The lowest BCUT2D eigenvalue weighted by Crippen LogP contribution is -2.33. The molecule has 0 spiro atoms. The van der Waals surface area contributed by atoms with E-state index in [1.165, 1.54) is 6.92 Å². The molecule has 0 fully saturated rings. The van der Waals surface area contributed by atoms with E-state index in [1.807, 2.05) is 54.6 Å². The summed E-state index contributed by atoms with van der Waals surface area (Å²) in [6.07, 6.45) is 0. The molecule has 24 heavy (non-hydrogen) atoms. The van der Waals surface area contributed by atoms with E-state index in [1.54, 1.807) is 6.92 Å². The Kier molecular flexibility index (Phi) is 5.98. The number of ether oxygens (including phenoxy) is 1. The molecule has 5 nitrogen and oxygen atoms in total. The van der Waals surface area contributed by atoms with Crippen LogP contribution in [-0.4, -0.2) is 25.8 Å². The smallest absolute Gasteiger partial charge is 0.235 e. The number of hydrogen-bond acceptors (Lipinski definition) is 4. The van der Waals surface area contributed by atoms with Crippen LogP contribution in [0.25, 0.3) is 0 Å². The molecule has 0 heterocycles. The third kappa shape index (κ3) is 5.09. The van der Waals surface area contributed by atoms with Gasteiger partial charge in [0, 0.05) is 11.3 Å². The first kappa shape index (κ1) is 18.0. The van der Waals surface area contributed by atoms with Gasteiger partial charge in [-0.15, -0.1) is 0 Å². The molecular formula is C18H21NO4S. The Bertz CT molecular complexity index is 788. The first-order valence-electron chi connectivity index (χ1n) is 7.73. The Morgan fingerprint density at radius 1 is 1.08 bits per heavy atom. The monoisotopic (exact) mass is 347 g/mol. The van der Waals surface area contributed by atoms with Crippen molar-refractivity contribution in [2.45, 2.75) is 19.9 Å². The Balaban J connectivity index is 2.12. The second-order valence-corrected chi connectivity index (χ2v) is 7.77. The maximum absolute atomic E-state index is 11.9. The Hall–Kier alpha value is -2.34. The minimum absolute atomic E-state index is 0.0531. The maximum Gasteiger partial charge on any atom is 0.235 e. The molecule has 0 saturated heterocycles. The lowest BCUT2D eigenvalue weighted by Gasteiger charge is -2.18. The fourth-order valence-electron chi connectivity index (χ4n) is 2.21. The summed E-state index contributed by atoms with van der Waals surface area (Å²) in [4.78, 5) is 11.9. The highest BCUT2D eigenvalue weighted by molar-refractivity contribution is 7.92. The minimum Gasteiger partial charge on any atom is -0.457 e. The van der Waals surface area contributed by atoms with Crippen molar-refractivity contribution in [3.63, 3.8) is 0 Å². The van der Waals surface area contributed by atoms with Crippen LogP contribution in [-0.2, 0) is 14.6 Å². The fraction of sp³-hybridized carbons (Fsp3) is 0.278. The van der Waals surface area contributed by atoms with Crippen LogP contribution in [0.3, 0.4) is 0 Å². The van der Waals surface area contributed by atoms with Gasteiger partial charge in [-0.3, -0.25) is 4.79 Å². The molecule has 0 saturated carbocycles. The number of carbonyl (C=O) groups excluding carboxylic acids is 1. The molecule has 1 atom stereocenters. The maximum atomic E-state index is 11.9. The molecule has 2 aromatic rings. The number of amides is 1. The van der Waals surface area contributed by atoms with Gasteiger partial charge in [0.05, 0.1) is 6.04 Å². The highest BCUT2D eigenvalue weighted by Crippen LogP contribution is 2.29. The average Bonchev–Trinajstić information content (AvgIpc) is 2.55. The number of rotatable bonds is 7. The molecule has 0 bridgehead atoms. The van der Waals surface area contributed by atoms with Gasteiger partial charge >= 0.3 is 0 Å². The van der Waals surface area contributed by atoms with Crippen molar-refractivity contribution in [1.29, 1.82) is 0 Å². The normalized spacial score (nSPS) is 12.4. The molecule has 1 N–H and O–H groups in total. The van der Waals surface area contributed by atoms with Crippen molar-refractivity contribution in [1.82, 2.24) is 5.32 Å². The van der Waals surface area contributed by atoms with Gasteiger partial charge in [-0.25, -0.2) is 8.42 Å². The third-order valence-corrected chi connectivity index (χ3v) is 5.11. The predicted octanol–water partition coefficient (Wildman–Crippen LogP) is 3.09. The molecule has 128 valence electrons. The van der Waals surface area contributed by atoms with Crippen molar-refractivity contribution < 1.29 is 17.9 Å². The predicted molar refractivity (Wildman–Crippen MR) is 93.8 cm³/mol. The summed E-state index contributed by atoms with van der Waals surface area (Å²) < 4.78 is 29.0. The summed E-state index contributed by atoms with van der Waals surface area (Å²) >= 11 is 0. The van der Waals surface area contributed by atoms with E-state index in [2.05, 4.69) is 5.32 Å². The Labute approximate surface area is 142 Å². The summed E-state index contributed by atoms with van der Waals surface area (Å²) in [7, 11) is -3.35. The van der Waals surface area contributed by atoms with Crippen LogP contribution in [0.5, 0.6) is 11.5 Å². The van der Waals surface area contributed by atoms with Crippen LogP contribution in [0, 0.1) is 0 Å². The minimum atomic E-state index is -3.35. The van der Waals surface area contributed by atoms with E-state index in [4.69, 9.17) is 4.74 Å². The fourth-order valence-corrected chi connectivity index (χ4v) is 2.90. The molecule has 0 unspecified atom stereocenters. The van der Waals surface area contributed by atoms with Gasteiger partial charge in [0.2, 0.25) is 5.91 Å². The van der Waals surface area contributed by atoms with Crippen molar-refractivity contribution in [2.24, 2.45) is 0 Å². The van der Waals surface area contributed by atoms with E-state index in [-0.39, 0.29) is 11.8 Å². The molecule has 0 aromatic heterocycles. The zero-order valence-electron chi connectivity index (χ0n) is 13.7. The SMILES string of the molecule is CCS(=O)(=O)CC(=O)N[C@@H](C)c1ccccc1Oc1ccccc1. The van der Waals surface area contributed by atoms with E-state index in [0.717, 1.165) is 5.56 Å². The van der Waals surface area contributed by atoms with E-state index < -0.39 is 21.5 Å². The Morgan fingerprint density at radius 3 is 2.38 bits per heavy atom. The molecule has 2 rings (SSSR count). The van der Waals surface area contributed by atoms with Gasteiger partial charge < -0.3 is 10.1 Å². The summed E-state index contributed by atoms with van der Waals surface area (Å²) in [6.45, 7) is 3.32. The molecule has 1 amide bonds. The van der Waals surface area contributed by atoms with Gasteiger partial charge in [-0.2, -0.15) is 0 Å². The lowest BCUT2D eigenvalue weighted by molar-refractivity contribution is -0.119. The topological polar surface area (TPSA) is 72.5 Å². The zero-order valence-corrected chi connectivity index (χ0v) is 14.5. The van der Waals surface area contributed by atoms with Gasteiger partial charge in [0.25, 0.3) is 0 Å². The van der Waals surface area contributed by atoms with Gasteiger partial charge in [-0.1, -0.05) is 43.3 Å². The van der Waals surface area contributed by atoms with E-state index in [9.17, 15) is 13.2 Å². The van der Waals surface area contributed by atoms with E-state index in [0.29, 0.717) is 11.5 Å². The summed E-state index contributed by atoms with van der Waals surface area (Å²) in [5.74, 6) is 0.240. The molecule has 0 aliphatic heterocycles. The zero-order chi connectivity index (χ0) is 17.6. The molecular weight excluding hydrogens is 326 g/mol. The Morgan fingerprint density at radius 2 is 1.71 bits per heavy atom. The highest BCUT2D eigenvalue weighted by Gasteiger charge is 2.18. The molecule has 0 aliphatic carbocycles. The van der Waals surface area contributed by atoms with Crippen LogP contribution >= 0.6 is 0 Å². The van der Waals surface area contributed by atoms with Crippen molar-refractivity contribution in [3.05, 3.63) is 60.2 Å². The largest absolute Gasteiger partial charge is 0.457 e. The van der Waals surface area contributed by atoms with Crippen LogP contribution in [0.4, 0.5) is 0 Å². The van der Waals surface area contributed by atoms with Crippen LogP contribution in [0.2, 0.25) is 0 Å². The van der Waals surface area contributed by atoms with Crippen LogP contribution < -0.4 is 10.1 Å². The lowest BCUT2D eigenvalue weighted by atomic mass is 10.1. The van der Waals surface area contributed by atoms with E-state index >= 15 is 0 Å². The summed E-state index contributed by atoms with van der Waals surface area (Å²) in [6, 6.07) is 16.3. The second-order valence-electron chi connectivity index (χ2n) is 5.42.